The molecule has 0 spiro atoms. The number of likely N-dealkylation sites (N-methyl/N-ethyl adjacent to an activating group) is 1. The number of hydrogen-bond donors (Lipinski definition) is 2. The molecule has 1 fully saturated rings. The average Bonchev–Trinajstić information content (AvgIpc) is 3.07. The van der Waals surface area contributed by atoms with E-state index >= 15 is 0 Å². The van der Waals surface area contributed by atoms with Crippen LogP contribution in [0.5, 0.6) is 0 Å². The monoisotopic (exact) mass is 316 g/mol. The first-order valence-corrected chi connectivity index (χ1v) is 7.69. The molecule has 8 heteroatoms. The molecule has 1 aliphatic rings. The summed E-state index contributed by atoms with van der Waals surface area (Å²) in [5.74, 6) is 0.630. The van der Waals surface area contributed by atoms with Gasteiger partial charge in [0.15, 0.2) is 0 Å². The second kappa shape index (κ2) is 6.33. The molecule has 1 saturated heterocycles. The van der Waals surface area contributed by atoms with Crippen LogP contribution < -0.4 is 5.69 Å². The Labute approximate surface area is 133 Å². The number of carbonyl (C=O) groups excluding carboxylic acids is 1. The molecule has 23 heavy (non-hydrogen) atoms. The van der Waals surface area contributed by atoms with E-state index in [9.17, 15) is 9.59 Å². The molecule has 3 rings (SSSR count). The van der Waals surface area contributed by atoms with Crippen molar-refractivity contribution in [1.82, 2.24) is 29.7 Å². The molecule has 3 heterocycles. The lowest BCUT2D eigenvalue weighted by molar-refractivity contribution is 0.0474. The molecular formula is C15H20N6O2. The summed E-state index contributed by atoms with van der Waals surface area (Å²) in [7, 11) is 0. The van der Waals surface area contributed by atoms with Gasteiger partial charge in [-0.25, -0.2) is 9.78 Å². The Morgan fingerprint density at radius 3 is 2.91 bits per heavy atom. The van der Waals surface area contributed by atoms with E-state index in [1.165, 1.54) is 0 Å². The summed E-state index contributed by atoms with van der Waals surface area (Å²) >= 11 is 0. The highest BCUT2D eigenvalue weighted by atomic mass is 16.2. The van der Waals surface area contributed by atoms with E-state index in [1.54, 1.807) is 30.3 Å². The van der Waals surface area contributed by atoms with Crippen LogP contribution in [0.2, 0.25) is 0 Å². The van der Waals surface area contributed by atoms with Gasteiger partial charge < -0.3 is 14.9 Å². The molecule has 122 valence electrons. The number of H-pyrrole nitrogens is 2. The first-order valence-electron chi connectivity index (χ1n) is 7.69. The maximum Gasteiger partial charge on any atom is 0.345 e. The van der Waals surface area contributed by atoms with Crippen molar-refractivity contribution in [3.8, 4) is 0 Å². The minimum atomic E-state index is -0.497. The van der Waals surface area contributed by atoms with E-state index < -0.39 is 5.69 Å². The van der Waals surface area contributed by atoms with Crippen LogP contribution in [0.1, 0.15) is 35.0 Å². The summed E-state index contributed by atoms with van der Waals surface area (Å²) < 4.78 is 0. The van der Waals surface area contributed by atoms with E-state index in [1.807, 2.05) is 0 Å². The zero-order valence-corrected chi connectivity index (χ0v) is 13.2. The van der Waals surface area contributed by atoms with Gasteiger partial charge in [-0.15, -0.1) is 0 Å². The zero-order valence-electron chi connectivity index (χ0n) is 13.2. The largest absolute Gasteiger partial charge is 0.347 e. The van der Waals surface area contributed by atoms with Crippen LogP contribution in [-0.2, 0) is 0 Å². The number of rotatable bonds is 3. The normalized spacial score (nSPS) is 19.0. The predicted octanol–water partition coefficient (Wildman–Crippen LogP) is 0.320. The van der Waals surface area contributed by atoms with Gasteiger partial charge in [0.25, 0.3) is 5.91 Å². The van der Waals surface area contributed by atoms with Gasteiger partial charge in [-0.2, -0.15) is 4.98 Å². The number of amides is 1. The van der Waals surface area contributed by atoms with Crippen LogP contribution in [0, 0.1) is 6.92 Å². The Morgan fingerprint density at radius 1 is 1.43 bits per heavy atom. The number of aromatic nitrogens is 4. The second-order valence-corrected chi connectivity index (χ2v) is 5.62. The number of aromatic amines is 2. The molecule has 0 unspecified atom stereocenters. The van der Waals surface area contributed by atoms with Crippen molar-refractivity contribution in [2.24, 2.45) is 0 Å². The summed E-state index contributed by atoms with van der Waals surface area (Å²) in [4.78, 5) is 42.0. The van der Waals surface area contributed by atoms with Crippen molar-refractivity contribution < 1.29 is 4.79 Å². The lowest BCUT2D eigenvalue weighted by Gasteiger charge is -2.39. The highest BCUT2D eigenvalue weighted by Crippen LogP contribution is 2.23. The van der Waals surface area contributed by atoms with Gasteiger partial charge in [0, 0.05) is 37.7 Å². The van der Waals surface area contributed by atoms with Gasteiger partial charge >= 0.3 is 5.69 Å². The summed E-state index contributed by atoms with van der Waals surface area (Å²) in [6.07, 6.45) is 3.50. The van der Waals surface area contributed by atoms with Crippen LogP contribution in [-0.4, -0.2) is 61.8 Å². The maximum absolute atomic E-state index is 12.7. The minimum absolute atomic E-state index is 0.0239. The van der Waals surface area contributed by atoms with E-state index in [2.05, 4.69) is 31.8 Å². The molecule has 2 N–H and O–H groups in total. The average molecular weight is 316 g/mol. The lowest BCUT2D eigenvalue weighted by atomic mass is 10.1. The van der Waals surface area contributed by atoms with Gasteiger partial charge in [0.05, 0.1) is 6.04 Å². The van der Waals surface area contributed by atoms with Crippen molar-refractivity contribution in [2.75, 3.05) is 26.2 Å². The number of aryl methyl sites for hydroxylation is 1. The molecule has 0 saturated carbocycles. The van der Waals surface area contributed by atoms with Gasteiger partial charge in [-0.1, -0.05) is 6.92 Å². The van der Waals surface area contributed by atoms with Crippen molar-refractivity contribution in [3.63, 3.8) is 0 Å². The molecule has 0 radical (unpaired) electrons. The first kappa shape index (κ1) is 15.4. The van der Waals surface area contributed by atoms with E-state index in [0.717, 1.165) is 18.9 Å². The van der Waals surface area contributed by atoms with Crippen molar-refractivity contribution >= 4 is 5.91 Å². The standard InChI is InChI=1S/C15H20N6O2/c1-3-20-6-7-21(9-12(20)13-16-4-5-17-13)14(22)11-8-10(2)18-15(23)19-11/h4-5,8,12H,3,6-7,9H2,1-2H3,(H,16,17)(H,18,19,23)/t12-/m1/s1. The molecule has 1 aliphatic heterocycles. The molecular weight excluding hydrogens is 296 g/mol. The molecule has 0 aliphatic carbocycles. The number of imidazole rings is 1. The maximum atomic E-state index is 12.7. The molecule has 0 bridgehead atoms. The van der Waals surface area contributed by atoms with Gasteiger partial charge in [0.1, 0.15) is 11.5 Å². The predicted molar refractivity (Wildman–Crippen MR) is 84.1 cm³/mol. The number of nitrogens with zero attached hydrogens (tertiary/aromatic N) is 4. The summed E-state index contributed by atoms with van der Waals surface area (Å²) in [6.45, 7) is 6.60. The molecule has 2 aromatic heterocycles. The molecule has 2 aromatic rings. The molecule has 1 amide bonds. The van der Waals surface area contributed by atoms with Gasteiger partial charge in [-0.3, -0.25) is 9.69 Å². The highest BCUT2D eigenvalue weighted by Gasteiger charge is 2.32. The third-order valence-corrected chi connectivity index (χ3v) is 4.12. The third kappa shape index (κ3) is 3.16. The number of nitrogens with one attached hydrogen (secondary N) is 2. The fourth-order valence-corrected chi connectivity index (χ4v) is 2.95. The number of hydrogen-bond acceptors (Lipinski definition) is 5. The Bertz CT molecular complexity index is 739. The van der Waals surface area contributed by atoms with E-state index in [-0.39, 0.29) is 17.6 Å². The number of piperazine rings is 1. The third-order valence-electron chi connectivity index (χ3n) is 4.12. The van der Waals surface area contributed by atoms with Crippen LogP contribution in [0.4, 0.5) is 0 Å². The summed E-state index contributed by atoms with van der Waals surface area (Å²) in [5, 5.41) is 0. The first-order chi connectivity index (χ1) is 11.1. The van der Waals surface area contributed by atoms with E-state index in [0.29, 0.717) is 18.8 Å². The lowest BCUT2D eigenvalue weighted by Crippen LogP contribution is -2.51. The Morgan fingerprint density at radius 2 is 2.26 bits per heavy atom. The fraction of sp³-hybridized carbons (Fsp3) is 0.467. The van der Waals surface area contributed by atoms with Crippen molar-refractivity contribution in [2.45, 2.75) is 19.9 Å². The van der Waals surface area contributed by atoms with Crippen molar-refractivity contribution in [1.29, 1.82) is 0 Å². The second-order valence-electron chi connectivity index (χ2n) is 5.62. The van der Waals surface area contributed by atoms with Crippen LogP contribution in [0.25, 0.3) is 0 Å². The van der Waals surface area contributed by atoms with E-state index in [4.69, 9.17) is 0 Å². The summed E-state index contributed by atoms with van der Waals surface area (Å²) in [5.41, 5.74) is 0.320. The molecule has 0 aromatic carbocycles. The van der Waals surface area contributed by atoms with Crippen LogP contribution >= 0.6 is 0 Å². The van der Waals surface area contributed by atoms with Crippen LogP contribution in [0.3, 0.4) is 0 Å². The highest BCUT2D eigenvalue weighted by molar-refractivity contribution is 5.92. The Balaban J connectivity index is 1.83. The fourth-order valence-electron chi connectivity index (χ4n) is 2.95. The SMILES string of the molecule is CCN1CCN(C(=O)c2cc(C)[nH]c(=O)n2)C[C@@H]1c1ncc[nH]1. The van der Waals surface area contributed by atoms with Gasteiger partial charge in [0.2, 0.25) is 0 Å². The van der Waals surface area contributed by atoms with Crippen molar-refractivity contribution in [3.05, 3.63) is 46.2 Å². The van der Waals surface area contributed by atoms with Gasteiger partial charge in [-0.05, 0) is 19.5 Å². The topological polar surface area (TPSA) is 98.0 Å². The molecule has 8 nitrogen and oxygen atoms in total. The minimum Gasteiger partial charge on any atom is -0.347 e. The summed E-state index contributed by atoms with van der Waals surface area (Å²) in [6, 6.07) is 1.63. The Hall–Kier alpha value is -2.48. The smallest absolute Gasteiger partial charge is 0.345 e. The number of carbonyl (C=O) groups is 1. The molecule has 1 atom stereocenters. The Kier molecular flexibility index (Phi) is 4.24. The quantitative estimate of drug-likeness (QED) is 0.850. The van der Waals surface area contributed by atoms with Crippen LogP contribution in [0.15, 0.2) is 23.3 Å². The zero-order chi connectivity index (χ0) is 16.4.